The number of nitrogens with one attached hydrogen (secondary N) is 2. The molecule has 0 saturated carbocycles. The van der Waals surface area contributed by atoms with E-state index in [-0.39, 0.29) is 42.6 Å². The molecule has 2 bridgehead atoms. The number of hydrogen-bond acceptors (Lipinski definition) is 4. The lowest BCUT2D eigenvalue weighted by molar-refractivity contribution is 0.0919. The van der Waals surface area contributed by atoms with Crippen molar-refractivity contribution in [2.45, 2.75) is 43.8 Å². The first kappa shape index (κ1) is 20.1. The van der Waals surface area contributed by atoms with E-state index < -0.39 is 0 Å². The average molecular weight is 404 g/mol. The molecule has 3 heterocycles. The number of carbonyl (C=O) groups is 1. The zero-order valence-corrected chi connectivity index (χ0v) is 15.9. The van der Waals surface area contributed by atoms with Crippen molar-refractivity contribution < 1.29 is 9.18 Å². The third-order valence-electron chi connectivity index (χ3n) is 4.64. The van der Waals surface area contributed by atoms with Crippen LogP contribution in [-0.2, 0) is 0 Å². The van der Waals surface area contributed by atoms with E-state index in [2.05, 4.69) is 15.6 Å². The quantitative estimate of drug-likeness (QED) is 0.818. The van der Waals surface area contributed by atoms with Crippen molar-refractivity contribution in [1.82, 2.24) is 15.6 Å². The predicted octanol–water partition coefficient (Wildman–Crippen LogP) is 3.81. The maximum Gasteiger partial charge on any atom is 0.270 e. The van der Waals surface area contributed by atoms with Gasteiger partial charge in [0.25, 0.3) is 5.91 Å². The van der Waals surface area contributed by atoms with Crippen LogP contribution in [0.1, 0.15) is 36.2 Å². The Morgan fingerprint density at radius 3 is 2.44 bits per heavy atom. The summed E-state index contributed by atoms with van der Waals surface area (Å²) in [5, 5.41) is 9.19. The molecular weight excluding hydrogens is 384 g/mol. The minimum absolute atomic E-state index is 0. The molecule has 0 radical (unpaired) electrons. The van der Waals surface area contributed by atoms with Crippen LogP contribution >= 0.6 is 36.2 Å². The molecule has 1 aromatic heterocycles. The van der Waals surface area contributed by atoms with E-state index in [4.69, 9.17) is 0 Å². The van der Waals surface area contributed by atoms with Crippen molar-refractivity contribution in [2.75, 3.05) is 0 Å². The van der Waals surface area contributed by atoms with Gasteiger partial charge < -0.3 is 10.6 Å². The first-order chi connectivity index (χ1) is 11.2. The van der Waals surface area contributed by atoms with Gasteiger partial charge in [-0.2, -0.15) is 0 Å². The summed E-state index contributed by atoms with van der Waals surface area (Å²) in [4.78, 5) is 16.8. The standard InChI is InChI=1S/C17H18FN3OS.2ClH/c18-11-3-1-10(2-4-11)17-21-15(9-23-17)16(22)20-14-7-12-5-6-13(8-14)19-12;;/h1-4,9,12-14,19H,5-8H2,(H,20,22);2*1H. The number of thiazole rings is 1. The SMILES string of the molecule is Cl.Cl.O=C(NC1CC2CCC(C1)N2)c1csc(-c2ccc(F)cc2)n1. The van der Waals surface area contributed by atoms with Gasteiger partial charge in [-0.3, -0.25) is 4.79 Å². The lowest BCUT2D eigenvalue weighted by Crippen LogP contribution is -2.48. The van der Waals surface area contributed by atoms with Crippen molar-refractivity contribution in [3.8, 4) is 10.6 Å². The normalized spacial score (nSPS) is 24.1. The Kier molecular flexibility index (Phi) is 6.79. The summed E-state index contributed by atoms with van der Waals surface area (Å²) in [5.74, 6) is -0.385. The molecule has 136 valence electrons. The molecule has 2 unspecified atom stereocenters. The van der Waals surface area contributed by atoms with Crippen LogP contribution in [0.2, 0.25) is 0 Å². The summed E-state index contributed by atoms with van der Waals surface area (Å²) in [6.07, 6.45) is 4.42. The summed E-state index contributed by atoms with van der Waals surface area (Å²) in [7, 11) is 0. The summed E-state index contributed by atoms with van der Waals surface area (Å²) in [5.41, 5.74) is 1.27. The molecule has 4 nitrogen and oxygen atoms in total. The van der Waals surface area contributed by atoms with Gasteiger partial charge in [0.05, 0.1) is 0 Å². The second-order valence-corrected chi connectivity index (χ2v) is 7.18. The highest BCUT2D eigenvalue weighted by atomic mass is 35.5. The summed E-state index contributed by atoms with van der Waals surface area (Å²) < 4.78 is 13.0. The number of amides is 1. The Bertz CT molecular complexity index is 713. The van der Waals surface area contributed by atoms with E-state index >= 15 is 0 Å². The van der Waals surface area contributed by atoms with E-state index in [1.165, 1.54) is 36.3 Å². The maximum absolute atomic E-state index is 13.0. The third-order valence-corrected chi connectivity index (χ3v) is 5.53. The fourth-order valence-electron chi connectivity index (χ4n) is 3.54. The number of hydrogen-bond donors (Lipinski definition) is 2. The van der Waals surface area contributed by atoms with E-state index in [0.717, 1.165) is 23.4 Å². The largest absolute Gasteiger partial charge is 0.348 e. The van der Waals surface area contributed by atoms with Gasteiger partial charge in [0.15, 0.2) is 0 Å². The molecule has 2 fully saturated rings. The van der Waals surface area contributed by atoms with Crippen molar-refractivity contribution in [1.29, 1.82) is 0 Å². The number of fused-ring (bicyclic) bond motifs is 2. The molecule has 4 rings (SSSR count). The first-order valence-electron chi connectivity index (χ1n) is 7.96. The lowest BCUT2D eigenvalue weighted by Gasteiger charge is -2.29. The van der Waals surface area contributed by atoms with Crippen LogP contribution in [0.25, 0.3) is 10.6 Å². The van der Waals surface area contributed by atoms with Crippen molar-refractivity contribution in [2.24, 2.45) is 0 Å². The van der Waals surface area contributed by atoms with Crippen LogP contribution in [-0.4, -0.2) is 29.0 Å². The molecule has 25 heavy (non-hydrogen) atoms. The second-order valence-electron chi connectivity index (χ2n) is 6.32. The van der Waals surface area contributed by atoms with Crippen molar-refractivity contribution in [3.63, 3.8) is 0 Å². The third kappa shape index (κ3) is 4.50. The Balaban J connectivity index is 0.00000113. The predicted molar refractivity (Wildman–Crippen MR) is 102 cm³/mol. The minimum Gasteiger partial charge on any atom is -0.348 e. The van der Waals surface area contributed by atoms with E-state index in [9.17, 15) is 9.18 Å². The zero-order chi connectivity index (χ0) is 15.8. The van der Waals surface area contributed by atoms with Gasteiger partial charge in [0, 0.05) is 29.1 Å². The van der Waals surface area contributed by atoms with Crippen LogP contribution in [0.15, 0.2) is 29.6 Å². The molecule has 2 saturated heterocycles. The first-order valence-corrected chi connectivity index (χ1v) is 8.84. The number of benzene rings is 1. The van der Waals surface area contributed by atoms with Crippen LogP contribution < -0.4 is 10.6 Å². The number of piperidine rings is 1. The Morgan fingerprint density at radius 2 is 1.80 bits per heavy atom. The fraction of sp³-hybridized carbons (Fsp3) is 0.412. The molecule has 8 heteroatoms. The molecule has 2 aliphatic heterocycles. The smallest absolute Gasteiger partial charge is 0.270 e. The highest BCUT2D eigenvalue weighted by Crippen LogP contribution is 2.27. The second kappa shape index (κ2) is 8.45. The van der Waals surface area contributed by atoms with E-state index in [1.54, 1.807) is 17.5 Å². The summed E-state index contributed by atoms with van der Waals surface area (Å²) in [6, 6.07) is 7.49. The van der Waals surface area contributed by atoms with Gasteiger partial charge in [-0.15, -0.1) is 36.2 Å². The van der Waals surface area contributed by atoms with Gasteiger partial charge in [-0.1, -0.05) is 0 Å². The number of halogens is 3. The maximum atomic E-state index is 13.0. The molecular formula is C17H20Cl2FN3OS. The highest BCUT2D eigenvalue weighted by molar-refractivity contribution is 7.13. The number of carbonyl (C=O) groups excluding carboxylic acids is 1. The number of nitrogens with zero attached hydrogens (tertiary/aromatic N) is 1. The Hall–Kier alpha value is -1.21. The highest BCUT2D eigenvalue weighted by Gasteiger charge is 2.34. The van der Waals surface area contributed by atoms with Gasteiger partial charge in [-0.05, 0) is 49.9 Å². The molecule has 0 aliphatic carbocycles. The lowest BCUT2D eigenvalue weighted by atomic mass is 10.00. The summed E-state index contributed by atoms with van der Waals surface area (Å²) in [6.45, 7) is 0. The van der Waals surface area contributed by atoms with Crippen molar-refractivity contribution in [3.05, 3.63) is 41.2 Å². The molecule has 1 aromatic carbocycles. The van der Waals surface area contributed by atoms with Crippen LogP contribution in [0.4, 0.5) is 4.39 Å². The molecule has 2 N–H and O–H groups in total. The fourth-order valence-corrected chi connectivity index (χ4v) is 4.34. The monoisotopic (exact) mass is 403 g/mol. The Labute approximate surface area is 162 Å². The van der Waals surface area contributed by atoms with Crippen LogP contribution in [0, 0.1) is 5.82 Å². The topological polar surface area (TPSA) is 54.0 Å². The molecule has 1 amide bonds. The number of aromatic nitrogens is 1. The van der Waals surface area contributed by atoms with Gasteiger partial charge >= 0.3 is 0 Å². The van der Waals surface area contributed by atoms with Crippen LogP contribution in [0.3, 0.4) is 0 Å². The summed E-state index contributed by atoms with van der Waals surface area (Å²) >= 11 is 1.41. The van der Waals surface area contributed by atoms with E-state index in [0.29, 0.717) is 17.8 Å². The molecule has 2 atom stereocenters. The molecule has 0 spiro atoms. The van der Waals surface area contributed by atoms with Gasteiger partial charge in [0.1, 0.15) is 16.5 Å². The Morgan fingerprint density at radius 1 is 1.16 bits per heavy atom. The zero-order valence-electron chi connectivity index (χ0n) is 13.4. The van der Waals surface area contributed by atoms with E-state index in [1.807, 2.05) is 0 Å². The van der Waals surface area contributed by atoms with Crippen molar-refractivity contribution >= 4 is 42.1 Å². The number of rotatable bonds is 3. The molecule has 2 aliphatic rings. The molecule has 2 aromatic rings. The minimum atomic E-state index is -0.274. The van der Waals surface area contributed by atoms with Crippen LogP contribution in [0.5, 0.6) is 0 Å². The van der Waals surface area contributed by atoms with Gasteiger partial charge in [0.2, 0.25) is 0 Å². The average Bonchev–Trinajstić information content (AvgIpc) is 3.15. The van der Waals surface area contributed by atoms with Gasteiger partial charge in [-0.25, -0.2) is 9.37 Å².